The monoisotopic (exact) mass is 594 g/mol. The summed E-state index contributed by atoms with van der Waals surface area (Å²) in [4.78, 5) is 42.7. The Morgan fingerprint density at radius 1 is 1.10 bits per heavy atom. The number of hydrogen-bond acceptors (Lipinski definition) is 8. The number of rotatable bonds is 14. The first-order valence-electron chi connectivity index (χ1n) is 12.6. The van der Waals surface area contributed by atoms with Crippen LogP contribution >= 0.6 is 0 Å². The van der Waals surface area contributed by atoms with Crippen LogP contribution in [0.2, 0.25) is 0 Å². The zero-order chi connectivity index (χ0) is 29.5. The molecule has 6 N–H and O–H groups in total. The summed E-state index contributed by atoms with van der Waals surface area (Å²) < 4.78 is 52.5. The molecule has 0 bridgehead atoms. The molecule has 1 heterocycles. The fraction of sp³-hybridized carbons (Fsp3) is 0.440. The fourth-order valence-corrected chi connectivity index (χ4v) is 6.17. The number of nitrogens with two attached hydrogens (primary N) is 2. The molecule has 40 heavy (non-hydrogen) atoms. The van der Waals surface area contributed by atoms with E-state index in [-0.39, 0.29) is 36.8 Å². The van der Waals surface area contributed by atoms with Crippen LogP contribution in [-0.4, -0.2) is 89.0 Å². The Hall–Kier alpha value is -3.56. The number of sulfonamides is 1. The van der Waals surface area contributed by atoms with Crippen molar-refractivity contribution >= 4 is 54.7 Å². The molecular weight excluding hydrogens is 560 g/mol. The number of aliphatic imine (C=N–C) groups is 1. The Morgan fingerprint density at radius 2 is 1.80 bits per heavy atom. The number of benzene rings is 2. The molecule has 2 aromatic rings. The summed E-state index contributed by atoms with van der Waals surface area (Å²) in [6.45, 7) is 0.441. The zero-order valence-corrected chi connectivity index (χ0v) is 23.7. The number of likely N-dealkylation sites (tertiary alicyclic amines) is 1. The molecule has 0 spiro atoms. The van der Waals surface area contributed by atoms with Crippen LogP contribution in [0.3, 0.4) is 0 Å². The van der Waals surface area contributed by atoms with Gasteiger partial charge in [0.05, 0.1) is 16.7 Å². The summed E-state index contributed by atoms with van der Waals surface area (Å²) in [5.41, 5.74) is 10.5. The van der Waals surface area contributed by atoms with Crippen LogP contribution in [0.15, 0.2) is 52.4 Å². The molecule has 0 aromatic heterocycles. The van der Waals surface area contributed by atoms with Gasteiger partial charge in [-0.05, 0) is 48.6 Å². The van der Waals surface area contributed by atoms with Crippen LogP contribution in [0.1, 0.15) is 25.7 Å². The van der Waals surface area contributed by atoms with Gasteiger partial charge in [0.15, 0.2) is 5.96 Å². The highest BCUT2D eigenvalue weighted by Crippen LogP contribution is 2.23. The predicted octanol–water partition coefficient (Wildman–Crippen LogP) is -0.740. The van der Waals surface area contributed by atoms with Gasteiger partial charge in [-0.3, -0.25) is 14.6 Å². The molecule has 15 heteroatoms. The highest BCUT2D eigenvalue weighted by molar-refractivity contribution is 7.90. The lowest BCUT2D eigenvalue weighted by atomic mass is 9.99. The smallest absolute Gasteiger partial charge is 0.243 e. The van der Waals surface area contributed by atoms with E-state index in [9.17, 15) is 31.2 Å². The van der Waals surface area contributed by atoms with Crippen LogP contribution in [0, 0.1) is 0 Å². The van der Waals surface area contributed by atoms with Crippen LogP contribution in [0.5, 0.6) is 0 Å². The summed E-state index contributed by atoms with van der Waals surface area (Å²) in [5, 5.41) is 4.08. The Kier molecular flexibility index (Phi) is 10.2. The third-order valence-electron chi connectivity index (χ3n) is 6.47. The van der Waals surface area contributed by atoms with Crippen molar-refractivity contribution in [1.29, 1.82) is 0 Å². The lowest BCUT2D eigenvalue weighted by Crippen LogP contribution is -2.63. The highest BCUT2D eigenvalue weighted by atomic mass is 32.2. The van der Waals surface area contributed by atoms with Gasteiger partial charge >= 0.3 is 0 Å². The number of sulfone groups is 1. The number of carbonyl (C=O) groups excluding carboxylic acids is 3. The first-order chi connectivity index (χ1) is 18.8. The maximum atomic E-state index is 13.4. The quantitative estimate of drug-likeness (QED) is 0.0937. The SMILES string of the molecule is CS(=O)(=O)CCC(NS(=O)(=O)c1ccc2ccccc2c1)C(=O)N1CCC1C(=O)NC(C=O)CCCN=C(N)N. The third-order valence-corrected chi connectivity index (χ3v) is 8.92. The van der Waals surface area contributed by atoms with E-state index in [1.807, 2.05) is 12.1 Å². The van der Waals surface area contributed by atoms with Gasteiger partial charge in [-0.15, -0.1) is 0 Å². The molecule has 2 aromatic carbocycles. The van der Waals surface area contributed by atoms with Gasteiger partial charge in [-0.2, -0.15) is 4.72 Å². The van der Waals surface area contributed by atoms with E-state index < -0.39 is 55.6 Å². The molecule has 0 radical (unpaired) electrons. The van der Waals surface area contributed by atoms with E-state index in [0.717, 1.165) is 11.6 Å². The zero-order valence-electron chi connectivity index (χ0n) is 22.0. The summed E-state index contributed by atoms with van der Waals surface area (Å²) in [7, 11) is -7.76. The predicted molar refractivity (Wildman–Crippen MR) is 150 cm³/mol. The maximum absolute atomic E-state index is 13.4. The number of nitrogens with zero attached hydrogens (tertiary/aromatic N) is 2. The van der Waals surface area contributed by atoms with Crippen molar-refractivity contribution < 1.29 is 31.2 Å². The van der Waals surface area contributed by atoms with Gasteiger partial charge in [-0.1, -0.05) is 30.3 Å². The number of hydrogen-bond donors (Lipinski definition) is 4. The third kappa shape index (κ3) is 8.47. The number of amides is 2. The normalized spacial score (nSPS) is 16.9. The molecular formula is C25H34N6O7S2. The molecule has 3 rings (SSSR count). The molecule has 0 aliphatic carbocycles. The molecule has 13 nitrogen and oxygen atoms in total. The van der Waals surface area contributed by atoms with Crippen molar-refractivity contribution in [3.8, 4) is 0 Å². The van der Waals surface area contributed by atoms with Gasteiger partial charge in [0.25, 0.3) is 0 Å². The standard InChI is InChI=1S/C25H34N6O7S2/c1-39(35,36)14-11-21(30-40(37,38)20-9-8-17-5-2-3-6-18(17)15-20)24(34)31-13-10-22(31)23(33)29-19(16-32)7-4-12-28-25(26)27/h2-3,5-6,8-9,15-16,19,21-22,30H,4,7,10-14H2,1H3,(H,29,33)(H4,26,27,28). The van der Waals surface area contributed by atoms with Gasteiger partial charge in [0.2, 0.25) is 21.8 Å². The second-order valence-corrected chi connectivity index (χ2v) is 13.6. The summed E-state index contributed by atoms with van der Waals surface area (Å²) in [6.07, 6.45) is 2.24. The lowest BCUT2D eigenvalue weighted by Gasteiger charge is -2.42. The lowest BCUT2D eigenvalue weighted by molar-refractivity contribution is -0.149. The summed E-state index contributed by atoms with van der Waals surface area (Å²) in [6, 6.07) is 8.46. The number of guanidine groups is 1. The van der Waals surface area contributed by atoms with Crippen molar-refractivity contribution in [2.24, 2.45) is 16.5 Å². The van der Waals surface area contributed by atoms with Crippen LogP contribution in [0.25, 0.3) is 10.8 Å². The Bertz CT molecular complexity index is 1490. The second-order valence-electron chi connectivity index (χ2n) is 9.64. The van der Waals surface area contributed by atoms with E-state index in [4.69, 9.17) is 11.5 Å². The Balaban J connectivity index is 1.73. The van der Waals surface area contributed by atoms with E-state index in [1.54, 1.807) is 18.2 Å². The average molecular weight is 595 g/mol. The number of carbonyl (C=O) groups is 3. The molecule has 1 fully saturated rings. The average Bonchev–Trinajstić information content (AvgIpc) is 2.86. The molecule has 1 aliphatic heterocycles. The topological polar surface area (TPSA) is 211 Å². The molecule has 218 valence electrons. The van der Waals surface area contributed by atoms with Crippen molar-refractivity contribution in [3.05, 3.63) is 42.5 Å². The Morgan fingerprint density at radius 3 is 2.40 bits per heavy atom. The highest BCUT2D eigenvalue weighted by Gasteiger charge is 2.41. The number of aldehydes is 1. The largest absolute Gasteiger partial charge is 0.370 e. The molecule has 2 amide bonds. The minimum atomic E-state index is -4.23. The van der Waals surface area contributed by atoms with Crippen molar-refractivity contribution in [3.63, 3.8) is 0 Å². The van der Waals surface area contributed by atoms with E-state index in [1.165, 1.54) is 17.0 Å². The van der Waals surface area contributed by atoms with Crippen molar-refractivity contribution in [2.75, 3.05) is 25.1 Å². The first kappa shape index (κ1) is 31.0. The van der Waals surface area contributed by atoms with Crippen LogP contribution in [0.4, 0.5) is 0 Å². The maximum Gasteiger partial charge on any atom is 0.243 e. The van der Waals surface area contributed by atoms with Gasteiger partial charge in [-0.25, -0.2) is 16.8 Å². The van der Waals surface area contributed by atoms with E-state index in [2.05, 4.69) is 15.0 Å². The molecule has 3 unspecified atom stereocenters. The minimum absolute atomic E-state index is 0.0861. The minimum Gasteiger partial charge on any atom is -0.370 e. The van der Waals surface area contributed by atoms with Gasteiger partial charge in [0, 0.05) is 19.3 Å². The summed E-state index contributed by atoms with van der Waals surface area (Å²) >= 11 is 0. The van der Waals surface area contributed by atoms with E-state index in [0.29, 0.717) is 24.5 Å². The van der Waals surface area contributed by atoms with Gasteiger partial charge < -0.3 is 26.5 Å². The van der Waals surface area contributed by atoms with Crippen LogP contribution < -0.4 is 21.5 Å². The van der Waals surface area contributed by atoms with E-state index >= 15 is 0 Å². The number of nitrogens with one attached hydrogen (secondary N) is 2. The van der Waals surface area contributed by atoms with Crippen molar-refractivity contribution in [2.45, 2.75) is 48.7 Å². The molecule has 0 saturated carbocycles. The molecule has 3 atom stereocenters. The van der Waals surface area contributed by atoms with Crippen molar-refractivity contribution in [1.82, 2.24) is 14.9 Å². The fourth-order valence-electron chi connectivity index (χ4n) is 4.25. The summed E-state index contributed by atoms with van der Waals surface area (Å²) in [5.74, 6) is -1.83. The first-order valence-corrected chi connectivity index (χ1v) is 16.2. The molecule has 1 saturated heterocycles. The molecule has 1 aliphatic rings. The Labute approximate surface area is 233 Å². The van der Waals surface area contributed by atoms with Gasteiger partial charge in [0.1, 0.15) is 28.2 Å². The van der Waals surface area contributed by atoms with Crippen LogP contribution in [-0.2, 0) is 34.2 Å². The second kappa shape index (κ2) is 13.2. The number of fused-ring (bicyclic) bond motifs is 1.